The van der Waals surface area contributed by atoms with Crippen LogP contribution in [0.1, 0.15) is 0 Å². The standard InChI is InChI=1S/C15H12N2O4/c18-14-9-20-13-7-6-10(8-12(13)17-14)16-15(19)21-11-4-2-1-3-5-11/h1-8H,9H2,(H,16,19)(H,17,18). The van der Waals surface area contributed by atoms with Gasteiger partial charge >= 0.3 is 6.09 Å². The van der Waals surface area contributed by atoms with Crippen molar-refractivity contribution in [3.8, 4) is 11.5 Å². The molecule has 1 aliphatic heterocycles. The molecule has 0 saturated heterocycles. The number of amides is 2. The number of carbonyl (C=O) groups excluding carboxylic acids is 2. The van der Waals surface area contributed by atoms with Crippen LogP contribution >= 0.6 is 0 Å². The van der Waals surface area contributed by atoms with E-state index < -0.39 is 6.09 Å². The van der Waals surface area contributed by atoms with Crippen LogP contribution in [0.3, 0.4) is 0 Å². The maximum absolute atomic E-state index is 11.8. The third-order valence-corrected chi connectivity index (χ3v) is 2.81. The number of para-hydroxylation sites is 1. The van der Waals surface area contributed by atoms with E-state index in [1.165, 1.54) is 0 Å². The van der Waals surface area contributed by atoms with Crippen molar-refractivity contribution in [2.45, 2.75) is 0 Å². The normalized spacial score (nSPS) is 12.7. The van der Waals surface area contributed by atoms with Gasteiger partial charge in [0.2, 0.25) is 0 Å². The molecule has 0 radical (unpaired) electrons. The van der Waals surface area contributed by atoms with Crippen LogP contribution in [-0.4, -0.2) is 18.6 Å². The summed E-state index contributed by atoms with van der Waals surface area (Å²) in [6.45, 7) is -0.00414. The topological polar surface area (TPSA) is 76.7 Å². The Kier molecular flexibility index (Phi) is 3.42. The molecule has 2 amide bonds. The average molecular weight is 284 g/mol. The number of benzene rings is 2. The van der Waals surface area contributed by atoms with Gasteiger partial charge in [-0.15, -0.1) is 0 Å². The largest absolute Gasteiger partial charge is 0.482 e. The maximum atomic E-state index is 11.8. The van der Waals surface area contributed by atoms with Gasteiger partial charge in [0, 0.05) is 5.69 Å². The molecule has 0 bridgehead atoms. The molecule has 2 aromatic rings. The second kappa shape index (κ2) is 5.54. The van der Waals surface area contributed by atoms with Crippen LogP contribution in [0, 0.1) is 0 Å². The van der Waals surface area contributed by atoms with Gasteiger partial charge in [-0.2, -0.15) is 0 Å². The lowest BCUT2D eigenvalue weighted by Crippen LogP contribution is -2.25. The zero-order chi connectivity index (χ0) is 14.7. The van der Waals surface area contributed by atoms with E-state index in [0.29, 0.717) is 22.9 Å². The predicted molar refractivity (Wildman–Crippen MR) is 76.7 cm³/mol. The first-order valence-electron chi connectivity index (χ1n) is 6.31. The van der Waals surface area contributed by atoms with Gasteiger partial charge in [-0.05, 0) is 30.3 Å². The first kappa shape index (κ1) is 13.0. The number of fused-ring (bicyclic) bond motifs is 1. The van der Waals surface area contributed by atoms with Crippen LogP contribution in [0.15, 0.2) is 48.5 Å². The van der Waals surface area contributed by atoms with E-state index >= 15 is 0 Å². The molecule has 0 unspecified atom stereocenters. The number of hydrogen-bond donors (Lipinski definition) is 2. The van der Waals surface area contributed by atoms with Gasteiger partial charge < -0.3 is 14.8 Å². The summed E-state index contributed by atoms with van der Waals surface area (Å²) in [6, 6.07) is 13.7. The van der Waals surface area contributed by atoms with E-state index in [2.05, 4.69) is 10.6 Å². The summed E-state index contributed by atoms with van der Waals surface area (Å²) >= 11 is 0. The van der Waals surface area contributed by atoms with Gasteiger partial charge in [-0.3, -0.25) is 10.1 Å². The van der Waals surface area contributed by atoms with Gasteiger partial charge in [0.1, 0.15) is 11.5 Å². The smallest absolute Gasteiger partial charge is 0.417 e. The van der Waals surface area contributed by atoms with Crippen LogP contribution < -0.4 is 20.1 Å². The molecule has 0 atom stereocenters. The van der Waals surface area contributed by atoms with E-state index in [1.807, 2.05) is 6.07 Å². The van der Waals surface area contributed by atoms with Crippen LogP contribution in [0.5, 0.6) is 11.5 Å². The highest BCUT2D eigenvalue weighted by molar-refractivity contribution is 5.97. The molecule has 1 aliphatic rings. The summed E-state index contributed by atoms with van der Waals surface area (Å²) in [5, 5.41) is 5.25. The Hall–Kier alpha value is -3.02. The highest BCUT2D eigenvalue weighted by Gasteiger charge is 2.16. The van der Waals surface area contributed by atoms with E-state index in [-0.39, 0.29) is 12.5 Å². The van der Waals surface area contributed by atoms with Crippen molar-refractivity contribution in [2.24, 2.45) is 0 Å². The molecule has 106 valence electrons. The molecule has 3 rings (SSSR count). The fraction of sp³-hybridized carbons (Fsp3) is 0.0667. The molecule has 2 aromatic carbocycles. The van der Waals surface area contributed by atoms with Gasteiger partial charge in [0.15, 0.2) is 6.61 Å². The fourth-order valence-electron chi connectivity index (χ4n) is 1.90. The molecule has 0 aliphatic carbocycles. The zero-order valence-electron chi connectivity index (χ0n) is 11.0. The summed E-state index contributed by atoms with van der Waals surface area (Å²) in [5.74, 6) is 0.785. The molecule has 21 heavy (non-hydrogen) atoms. The summed E-state index contributed by atoms with van der Waals surface area (Å²) in [5.41, 5.74) is 1.02. The second-order valence-corrected chi connectivity index (χ2v) is 4.38. The average Bonchev–Trinajstić information content (AvgIpc) is 2.47. The Morgan fingerprint density at radius 2 is 2.00 bits per heavy atom. The molecule has 0 spiro atoms. The van der Waals surface area contributed by atoms with E-state index in [4.69, 9.17) is 9.47 Å². The van der Waals surface area contributed by atoms with Crippen molar-refractivity contribution in [1.29, 1.82) is 0 Å². The minimum absolute atomic E-state index is 0.00414. The minimum atomic E-state index is -0.607. The van der Waals surface area contributed by atoms with Crippen molar-refractivity contribution in [3.63, 3.8) is 0 Å². The Balaban J connectivity index is 1.69. The number of carbonyl (C=O) groups is 2. The lowest BCUT2D eigenvalue weighted by Gasteiger charge is -2.18. The first-order valence-corrected chi connectivity index (χ1v) is 6.31. The summed E-state index contributed by atoms with van der Waals surface area (Å²) < 4.78 is 10.4. The molecule has 2 N–H and O–H groups in total. The molecule has 0 saturated carbocycles. The van der Waals surface area contributed by atoms with E-state index in [0.717, 1.165) is 0 Å². The molecular formula is C15H12N2O4. The lowest BCUT2D eigenvalue weighted by atomic mass is 10.2. The maximum Gasteiger partial charge on any atom is 0.417 e. The van der Waals surface area contributed by atoms with Crippen LogP contribution in [0.2, 0.25) is 0 Å². The van der Waals surface area contributed by atoms with Crippen molar-refractivity contribution in [2.75, 3.05) is 17.2 Å². The van der Waals surface area contributed by atoms with Crippen LogP contribution in [0.25, 0.3) is 0 Å². The minimum Gasteiger partial charge on any atom is -0.482 e. The Morgan fingerprint density at radius 3 is 2.81 bits per heavy atom. The monoisotopic (exact) mass is 284 g/mol. The lowest BCUT2D eigenvalue weighted by molar-refractivity contribution is -0.118. The number of rotatable bonds is 2. The molecule has 6 heteroatoms. The van der Waals surface area contributed by atoms with E-state index in [1.54, 1.807) is 42.5 Å². The molecule has 6 nitrogen and oxygen atoms in total. The summed E-state index contributed by atoms with van der Waals surface area (Å²) in [4.78, 5) is 23.0. The molecular weight excluding hydrogens is 272 g/mol. The SMILES string of the molecule is O=C1COc2ccc(NC(=O)Oc3ccccc3)cc2N1. The Bertz CT molecular complexity index is 685. The van der Waals surface area contributed by atoms with Crippen molar-refractivity contribution >= 4 is 23.4 Å². The summed E-state index contributed by atoms with van der Waals surface area (Å²) in [7, 11) is 0. The van der Waals surface area contributed by atoms with Crippen LogP contribution in [-0.2, 0) is 4.79 Å². The number of nitrogens with one attached hydrogen (secondary N) is 2. The van der Waals surface area contributed by atoms with Gasteiger partial charge in [-0.1, -0.05) is 18.2 Å². The molecule has 0 aromatic heterocycles. The van der Waals surface area contributed by atoms with Gasteiger partial charge in [-0.25, -0.2) is 4.79 Å². The van der Waals surface area contributed by atoms with Gasteiger partial charge in [0.05, 0.1) is 5.69 Å². The quantitative estimate of drug-likeness (QED) is 0.888. The Morgan fingerprint density at radius 1 is 1.19 bits per heavy atom. The fourth-order valence-corrected chi connectivity index (χ4v) is 1.90. The summed E-state index contributed by atoms with van der Waals surface area (Å²) in [6.07, 6.45) is -0.607. The predicted octanol–water partition coefficient (Wildman–Crippen LogP) is 2.63. The van der Waals surface area contributed by atoms with Crippen molar-refractivity contribution in [1.82, 2.24) is 0 Å². The Labute approximate surface area is 120 Å². The third kappa shape index (κ3) is 3.11. The third-order valence-electron chi connectivity index (χ3n) is 2.81. The van der Waals surface area contributed by atoms with Crippen molar-refractivity contribution < 1.29 is 19.1 Å². The number of hydrogen-bond acceptors (Lipinski definition) is 4. The second-order valence-electron chi connectivity index (χ2n) is 4.38. The van der Waals surface area contributed by atoms with Crippen molar-refractivity contribution in [3.05, 3.63) is 48.5 Å². The first-order chi connectivity index (χ1) is 10.2. The molecule has 0 fully saturated rings. The number of ether oxygens (including phenoxy) is 2. The highest BCUT2D eigenvalue weighted by atomic mass is 16.6. The van der Waals surface area contributed by atoms with Gasteiger partial charge in [0.25, 0.3) is 5.91 Å². The van der Waals surface area contributed by atoms with Crippen LogP contribution in [0.4, 0.5) is 16.2 Å². The number of anilines is 2. The highest BCUT2D eigenvalue weighted by Crippen LogP contribution is 2.30. The zero-order valence-corrected chi connectivity index (χ0v) is 11.0. The van der Waals surface area contributed by atoms with E-state index in [9.17, 15) is 9.59 Å². The molecule has 1 heterocycles.